The van der Waals surface area contributed by atoms with Crippen LogP contribution < -0.4 is 14.8 Å². The zero-order valence-corrected chi connectivity index (χ0v) is 18.4. The first-order valence-corrected chi connectivity index (χ1v) is 10.5. The molecule has 4 rings (SSSR count). The third-order valence-electron chi connectivity index (χ3n) is 5.22. The van der Waals surface area contributed by atoms with Crippen LogP contribution in [0.5, 0.6) is 11.5 Å². The number of halogens is 1. The van der Waals surface area contributed by atoms with Crippen LogP contribution in [0.4, 0.5) is 10.1 Å². The van der Waals surface area contributed by atoms with Crippen LogP contribution in [0.25, 0.3) is 16.8 Å². The Labute approximate surface area is 196 Å². The van der Waals surface area contributed by atoms with Crippen LogP contribution in [0.3, 0.4) is 0 Å². The van der Waals surface area contributed by atoms with Crippen molar-refractivity contribution in [3.05, 3.63) is 107 Å². The number of nitriles is 1. The van der Waals surface area contributed by atoms with Gasteiger partial charge in [-0.1, -0.05) is 42.5 Å². The van der Waals surface area contributed by atoms with Crippen LogP contribution in [-0.4, -0.2) is 13.0 Å². The van der Waals surface area contributed by atoms with E-state index in [0.29, 0.717) is 28.3 Å². The van der Waals surface area contributed by atoms with Crippen molar-refractivity contribution >= 4 is 28.4 Å². The quantitative estimate of drug-likeness (QED) is 0.271. The number of nitrogens with zero attached hydrogens (tertiary/aromatic N) is 1. The molecule has 6 heteroatoms. The largest absolute Gasteiger partial charge is 0.497 e. The molecular formula is C28H21FN2O3. The van der Waals surface area contributed by atoms with E-state index in [1.54, 1.807) is 49.6 Å². The molecule has 0 aliphatic heterocycles. The third-order valence-corrected chi connectivity index (χ3v) is 5.22. The van der Waals surface area contributed by atoms with Crippen molar-refractivity contribution in [2.24, 2.45) is 0 Å². The number of hydrogen-bond donors (Lipinski definition) is 1. The van der Waals surface area contributed by atoms with Gasteiger partial charge in [-0.3, -0.25) is 4.79 Å². The molecule has 0 unspecified atom stereocenters. The van der Waals surface area contributed by atoms with E-state index in [1.807, 2.05) is 36.4 Å². The summed E-state index contributed by atoms with van der Waals surface area (Å²) < 4.78 is 24.7. The molecule has 0 heterocycles. The fraction of sp³-hybridized carbons (Fsp3) is 0.0714. The summed E-state index contributed by atoms with van der Waals surface area (Å²) in [7, 11) is 1.56. The normalized spacial score (nSPS) is 11.0. The van der Waals surface area contributed by atoms with Gasteiger partial charge in [0.15, 0.2) is 0 Å². The van der Waals surface area contributed by atoms with Crippen molar-refractivity contribution in [2.45, 2.75) is 6.61 Å². The Kier molecular flexibility index (Phi) is 6.85. The van der Waals surface area contributed by atoms with Crippen LogP contribution in [0, 0.1) is 17.1 Å². The number of nitrogens with one attached hydrogen (secondary N) is 1. The predicted octanol–water partition coefficient (Wildman–Crippen LogP) is 6.11. The average Bonchev–Trinajstić information content (AvgIpc) is 2.86. The summed E-state index contributed by atoms with van der Waals surface area (Å²) in [6.07, 6.45) is 1.52. The maximum atomic E-state index is 13.6. The molecule has 0 saturated heterocycles. The van der Waals surface area contributed by atoms with Crippen LogP contribution in [0.15, 0.2) is 90.5 Å². The molecule has 4 aromatic carbocycles. The molecule has 0 saturated carbocycles. The molecule has 5 nitrogen and oxygen atoms in total. The molecule has 0 spiro atoms. The summed E-state index contributed by atoms with van der Waals surface area (Å²) in [5.74, 6) is 0.247. The maximum absolute atomic E-state index is 13.6. The van der Waals surface area contributed by atoms with E-state index in [-0.39, 0.29) is 18.0 Å². The van der Waals surface area contributed by atoms with Crippen LogP contribution in [-0.2, 0) is 11.4 Å². The zero-order chi connectivity index (χ0) is 23.9. The molecule has 0 fully saturated rings. The minimum atomic E-state index is -0.545. The summed E-state index contributed by atoms with van der Waals surface area (Å²) in [6.45, 7) is 0.136. The number of rotatable bonds is 7. The number of hydrogen-bond acceptors (Lipinski definition) is 4. The van der Waals surface area contributed by atoms with E-state index in [2.05, 4.69) is 5.32 Å². The Morgan fingerprint density at radius 2 is 1.82 bits per heavy atom. The molecule has 0 bridgehead atoms. The van der Waals surface area contributed by atoms with E-state index in [0.717, 1.165) is 10.8 Å². The summed E-state index contributed by atoms with van der Waals surface area (Å²) in [5, 5.41) is 14.2. The second-order valence-electron chi connectivity index (χ2n) is 7.47. The lowest BCUT2D eigenvalue weighted by Crippen LogP contribution is -2.13. The number of fused-ring (bicyclic) bond motifs is 1. The average molecular weight is 452 g/mol. The Morgan fingerprint density at radius 3 is 2.56 bits per heavy atom. The van der Waals surface area contributed by atoms with Crippen molar-refractivity contribution < 1.29 is 18.7 Å². The summed E-state index contributed by atoms with van der Waals surface area (Å²) in [5.41, 5.74) is 1.71. The highest BCUT2D eigenvalue weighted by Gasteiger charge is 2.14. The van der Waals surface area contributed by atoms with Crippen molar-refractivity contribution in [3.8, 4) is 17.6 Å². The highest BCUT2D eigenvalue weighted by atomic mass is 19.1. The fourth-order valence-corrected chi connectivity index (χ4v) is 3.50. The SMILES string of the molecule is COc1ccc(NC(=O)/C(C#N)=C/c2c(OCc3cccc(F)c3)ccc3ccccc23)cc1. The standard InChI is InChI=1S/C28H21FN2O3/c1-33-24-12-10-23(11-13-24)31-28(32)21(17-30)16-26-25-8-3-2-6-20(25)9-14-27(26)34-18-19-5-4-7-22(29)15-19/h2-16H,18H2,1H3,(H,31,32)/b21-16+. The highest BCUT2D eigenvalue weighted by Crippen LogP contribution is 2.31. The number of methoxy groups -OCH3 is 1. The molecule has 0 radical (unpaired) electrons. The lowest BCUT2D eigenvalue weighted by Gasteiger charge is -2.13. The van der Waals surface area contributed by atoms with Gasteiger partial charge >= 0.3 is 0 Å². The third kappa shape index (κ3) is 5.22. The van der Waals surface area contributed by atoms with Gasteiger partial charge < -0.3 is 14.8 Å². The fourth-order valence-electron chi connectivity index (χ4n) is 3.50. The predicted molar refractivity (Wildman–Crippen MR) is 130 cm³/mol. The van der Waals surface area contributed by atoms with E-state index in [9.17, 15) is 14.4 Å². The molecule has 0 aliphatic carbocycles. The molecular weight excluding hydrogens is 431 g/mol. The van der Waals surface area contributed by atoms with Gasteiger partial charge in [0, 0.05) is 11.3 Å². The minimum absolute atomic E-state index is 0.0808. The number of amides is 1. The van der Waals surface area contributed by atoms with Crippen molar-refractivity contribution in [1.82, 2.24) is 0 Å². The van der Waals surface area contributed by atoms with Gasteiger partial charge in [0.25, 0.3) is 5.91 Å². The summed E-state index contributed by atoms with van der Waals surface area (Å²) in [4.78, 5) is 12.9. The van der Waals surface area contributed by atoms with Crippen molar-refractivity contribution in [1.29, 1.82) is 5.26 Å². The van der Waals surface area contributed by atoms with Gasteiger partial charge in [0.1, 0.15) is 35.6 Å². The number of benzene rings is 4. The Morgan fingerprint density at radius 1 is 1.03 bits per heavy atom. The highest BCUT2D eigenvalue weighted by molar-refractivity contribution is 6.11. The number of anilines is 1. The van der Waals surface area contributed by atoms with Crippen LogP contribution >= 0.6 is 0 Å². The van der Waals surface area contributed by atoms with Gasteiger partial charge in [-0.15, -0.1) is 0 Å². The van der Waals surface area contributed by atoms with Gasteiger partial charge in [0.2, 0.25) is 0 Å². The maximum Gasteiger partial charge on any atom is 0.266 e. The van der Waals surface area contributed by atoms with Crippen molar-refractivity contribution in [3.63, 3.8) is 0 Å². The lowest BCUT2D eigenvalue weighted by molar-refractivity contribution is -0.112. The monoisotopic (exact) mass is 452 g/mol. The molecule has 1 N–H and O–H groups in total. The topological polar surface area (TPSA) is 71.3 Å². The van der Waals surface area contributed by atoms with Gasteiger partial charge in [0.05, 0.1) is 7.11 Å². The second kappa shape index (κ2) is 10.3. The first kappa shape index (κ1) is 22.6. The molecule has 1 amide bonds. The smallest absolute Gasteiger partial charge is 0.266 e. The Bertz CT molecular complexity index is 1410. The lowest BCUT2D eigenvalue weighted by atomic mass is 10.0. The molecule has 4 aromatic rings. The summed E-state index contributed by atoms with van der Waals surface area (Å²) >= 11 is 0. The molecule has 0 aliphatic rings. The summed E-state index contributed by atoms with van der Waals surface area (Å²) in [6, 6.07) is 26.3. The van der Waals surface area contributed by atoms with Gasteiger partial charge in [-0.05, 0) is 64.9 Å². The minimum Gasteiger partial charge on any atom is -0.497 e. The number of carbonyl (C=O) groups is 1. The van der Waals surface area contributed by atoms with Crippen molar-refractivity contribution in [2.75, 3.05) is 12.4 Å². The van der Waals surface area contributed by atoms with Crippen LogP contribution in [0.1, 0.15) is 11.1 Å². The molecule has 168 valence electrons. The zero-order valence-electron chi connectivity index (χ0n) is 18.4. The first-order chi connectivity index (χ1) is 16.6. The Balaban J connectivity index is 1.67. The second-order valence-corrected chi connectivity index (χ2v) is 7.47. The van der Waals surface area contributed by atoms with Gasteiger partial charge in [-0.25, -0.2) is 4.39 Å². The molecule has 0 atom stereocenters. The van der Waals surface area contributed by atoms with E-state index >= 15 is 0 Å². The van der Waals surface area contributed by atoms with Gasteiger partial charge in [-0.2, -0.15) is 5.26 Å². The molecule has 0 aromatic heterocycles. The number of carbonyl (C=O) groups excluding carboxylic acids is 1. The Hall–Kier alpha value is -4.63. The van der Waals surface area contributed by atoms with E-state index < -0.39 is 5.91 Å². The number of ether oxygens (including phenoxy) is 2. The van der Waals surface area contributed by atoms with E-state index in [4.69, 9.17) is 9.47 Å². The molecule has 34 heavy (non-hydrogen) atoms. The first-order valence-electron chi connectivity index (χ1n) is 10.5. The van der Waals surface area contributed by atoms with Crippen LogP contribution in [0.2, 0.25) is 0 Å². The van der Waals surface area contributed by atoms with E-state index in [1.165, 1.54) is 18.2 Å².